The van der Waals surface area contributed by atoms with Crippen molar-refractivity contribution in [1.29, 1.82) is 0 Å². The molecule has 0 radical (unpaired) electrons. The Morgan fingerprint density at radius 3 is 2.58 bits per heavy atom. The normalized spacial score (nSPS) is 12.2. The van der Waals surface area contributed by atoms with Gasteiger partial charge in [0, 0.05) is 24.5 Å². The van der Waals surface area contributed by atoms with Gasteiger partial charge >= 0.3 is 0 Å². The summed E-state index contributed by atoms with van der Waals surface area (Å²) in [5, 5.41) is 0. The van der Waals surface area contributed by atoms with Gasteiger partial charge < -0.3 is 10.6 Å². The van der Waals surface area contributed by atoms with Crippen molar-refractivity contribution in [3.8, 4) is 0 Å². The van der Waals surface area contributed by atoms with Gasteiger partial charge in [0.25, 0.3) is 0 Å². The third kappa shape index (κ3) is 3.32. The molecule has 2 rings (SSSR count). The van der Waals surface area contributed by atoms with E-state index in [2.05, 4.69) is 6.07 Å². The van der Waals surface area contributed by atoms with Crippen LogP contribution in [0.5, 0.6) is 0 Å². The van der Waals surface area contributed by atoms with Crippen LogP contribution in [-0.2, 0) is 6.42 Å². The predicted molar refractivity (Wildman–Crippen MR) is 78.3 cm³/mol. The molecule has 2 nitrogen and oxygen atoms in total. The second kappa shape index (κ2) is 5.85. The minimum absolute atomic E-state index is 0.0991. The Balaban J connectivity index is 2.35. The lowest BCUT2D eigenvalue weighted by atomic mass is 10.0. The Kier molecular flexibility index (Phi) is 4.17. The maximum absolute atomic E-state index is 13.3. The molecule has 0 aliphatic heterocycles. The molecule has 0 aliphatic carbocycles. The van der Waals surface area contributed by atoms with Crippen molar-refractivity contribution in [2.75, 3.05) is 11.9 Å². The minimum Gasteiger partial charge on any atom is -0.344 e. The van der Waals surface area contributed by atoms with Crippen LogP contribution in [0.4, 0.5) is 15.8 Å². The number of hydrogen-bond acceptors (Lipinski definition) is 2. The topological polar surface area (TPSA) is 29.3 Å². The molecular weight excluding hydrogens is 239 g/mol. The largest absolute Gasteiger partial charge is 0.344 e. The van der Waals surface area contributed by atoms with Crippen molar-refractivity contribution in [3.05, 3.63) is 59.9 Å². The Morgan fingerprint density at radius 2 is 1.89 bits per heavy atom. The van der Waals surface area contributed by atoms with E-state index in [0.29, 0.717) is 0 Å². The molecule has 0 aliphatic rings. The van der Waals surface area contributed by atoms with E-state index in [0.717, 1.165) is 17.8 Å². The van der Waals surface area contributed by atoms with Crippen LogP contribution >= 0.6 is 0 Å². The lowest BCUT2D eigenvalue weighted by Crippen LogP contribution is -2.20. The summed E-state index contributed by atoms with van der Waals surface area (Å²) in [4.78, 5) is 1.99. The fraction of sp³-hybridized carbons (Fsp3) is 0.250. The van der Waals surface area contributed by atoms with Crippen molar-refractivity contribution in [3.63, 3.8) is 0 Å². The lowest BCUT2D eigenvalue weighted by Gasteiger charge is -2.23. The molecule has 100 valence electrons. The number of anilines is 2. The SMILES string of the molecule is CC(N)Cc1ccccc1N(C)c1cccc(F)c1. The number of para-hydroxylation sites is 1. The van der Waals surface area contributed by atoms with E-state index in [1.807, 2.05) is 43.1 Å². The summed E-state index contributed by atoms with van der Waals surface area (Å²) in [5.74, 6) is -0.228. The highest BCUT2D eigenvalue weighted by Crippen LogP contribution is 2.27. The van der Waals surface area contributed by atoms with Gasteiger partial charge in [-0.05, 0) is 43.2 Å². The van der Waals surface area contributed by atoms with Gasteiger partial charge in [-0.15, -0.1) is 0 Å². The summed E-state index contributed by atoms with van der Waals surface area (Å²) in [7, 11) is 1.94. The van der Waals surface area contributed by atoms with Gasteiger partial charge in [0.05, 0.1) is 0 Å². The number of nitrogens with two attached hydrogens (primary N) is 1. The molecule has 0 aromatic heterocycles. The first-order chi connectivity index (χ1) is 9.08. The molecule has 0 spiro atoms. The monoisotopic (exact) mass is 258 g/mol. The van der Waals surface area contributed by atoms with Crippen LogP contribution in [0, 0.1) is 5.82 Å². The molecule has 0 bridgehead atoms. The van der Waals surface area contributed by atoms with Crippen LogP contribution in [0.1, 0.15) is 12.5 Å². The molecule has 2 N–H and O–H groups in total. The molecule has 0 saturated carbocycles. The Morgan fingerprint density at radius 1 is 1.16 bits per heavy atom. The number of halogens is 1. The van der Waals surface area contributed by atoms with Gasteiger partial charge in [-0.3, -0.25) is 0 Å². The Hall–Kier alpha value is -1.87. The fourth-order valence-electron chi connectivity index (χ4n) is 2.18. The van der Waals surface area contributed by atoms with Crippen LogP contribution in [0.2, 0.25) is 0 Å². The van der Waals surface area contributed by atoms with Crippen molar-refractivity contribution < 1.29 is 4.39 Å². The molecule has 0 saturated heterocycles. The standard InChI is InChI=1S/C16H19FN2/c1-12(18)10-13-6-3-4-9-16(13)19(2)15-8-5-7-14(17)11-15/h3-9,11-12H,10,18H2,1-2H3. The highest BCUT2D eigenvalue weighted by atomic mass is 19.1. The van der Waals surface area contributed by atoms with E-state index in [1.54, 1.807) is 6.07 Å². The number of nitrogens with zero attached hydrogens (tertiary/aromatic N) is 1. The summed E-state index contributed by atoms with van der Waals surface area (Å²) in [5.41, 5.74) is 8.94. The van der Waals surface area contributed by atoms with Crippen molar-refractivity contribution >= 4 is 11.4 Å². The van der Waals surface area contributed by atoms with Crippen LogP contribution in [0.25, 0.3) is 0 Å². The minimum atomic E-state index is -0.228. The summed E-state index contributed by atoms with van der Waals surface area (Å²) < 4.78 is 13.3. The quantitative estimate of drug-likeness (QED) is 0.909. The molecule has 3 heteroatoms. The zero-order valence-electron chi connectivity index (χ0n) is 11.3. The molecule has 19 heavy (non-hydrogen) atoms. The molecule has 2 aromatic carbocycles. The number of rotatable bonds is 4. The molecule has 0 heterocycles. The highest BCUT2D eigenvalue weighted by Gasteiger charge is 2.10. The van der Waals surface area contributed by atoms with E-state index in [1.165, 1.54) is 17.7 Å². The molecular formula is C16H19FN2. The number of benzene rings is 2. The van der Waals surface area contributed by atoms with Gasteiger partial charge in [-0.25, -0.2) is 4.39 Å². The molecule has 0 amide bonds. The smallest absolute Gasteiger partial charge is 0.125 e. The third-order valence-electron chi connectivity index (χ3n) is 3.09. The third-order valence-corrected chi connectivity index (χ3v) is 3.09. The zero-order valence-corrected chi connectivity index (χ0v) is 11.3. The molecule has 1 atom stereocenters. The average Bonchev–Trinajstić information content (AvgIpc) is 2.38. The van der Waals surface area contributed by atoms with Gasteiger partial charge in [-0.2, -0.15) is 0 Å². The van der Waals surface area contributed by atoms with Crippen LogP contribution in [0.15, 0.2) is 48.5 Å². The lowest BCUT2D eigenvalue weighted by molar-refractivity contribution is 0.628. The van der Waals surface area contributed by atoms with Gasteiger partial charge in [-0.1, -0.05) is 24.3 Å². The maximum Gasteiger partial charge on any atom is 0.125 e. The zero-order chi connectivity index (χ0) is 13.8. The second-order valence-electron chi connectivity index (χ2n) is 4.85. The van der Waals surface area contributed by atoms with Gasteiger partial charge in [0.15, 0.2) is 0 Å². The molecule has 0 fully saturated rings. The highest BCUT2D eigenvalue weighted by molar-refractivity contribution is 5.65. The van der Waals surface area contributed by atoms with Crippen molar-refractivity contribution in [2.24, 2.45) is 5.73 Å². The van der Waals surface area contributed by atoms with Gasteiger partial charge in [0.2, 0.25) is 0 Å². The van der Waals surface area contributed by atoms with E-state index in [4.69, 9.17) is 5.73 Å². The summed E-state index contributed by atoms with van der Waals surface area (Å²) in [6, 6.07) is 14.8. The van der Waals surface area contributed by atoms with Gasteiger partial charge in [0.1, 0.15) is 5.82 Å². The molecule has 2 aromatic rings. The number of hydrogen-bond donors (Lipinski definition) is 1. The van der Waals surface area contributed by atoms with Crippen LogP contribution < -0.4 is 10.6 Å². The fourth-order valence-corrected chi connectivity index (χ4v) is 2.18. The average molecular weight is 258 g/mol. The summed E-state index contributed by atoms with van der Waals surface area (Å²) >= 11 is 0. The van der Waals surface area contributed by atoms with E-state index in [-0.39, 0.29) is 11.9 Å². The maximum atomic E-state index is 13.3. The molecule has 1 unspecified atom stereocenters. The second-order valence-corrected chi connectivity index (χ2v) is 4.85. The Bertz CT molecular complexity index is 552. The predicted octanol–water partition coefficient (Wildman–Crippen LogP) is 3.48. The van der Waals surface area contributed by atoms with E-state index >= 15 is 0 Å². The Labute approximate surface area is 113 Å². The van der Waals surface area contributed by atoms with Crippen molar-refractivity contribution in [2.45, 2.75) is 19.4 Å². The van der Waals surface area contributed by atoms with Crippen LogP contribution in [0.3, 0.4) is 0 Å². The first kappa shape index (κ1) is 13.6. The van der Waals surface area contributed by atoms with Crippen LogP contribution in [-0.4, -0.2) is 13.1 Å². The van der Waals surface area contributed by atoms with Crippen molar-refractivity contribution in [1.82, 2.24) is 0 Å². The summed E-state index contributed by atoms with van der Waals surface area (Å²) in [6.45, 7) is 1.99. The first-order valence-electron chi connectivity index (χ1n) is 6.40. The first-order valence-corrected chi connectivity index (χ1v) is 6.40. The van der Waals surface area contributed by atoms with E-state index in [9.17, 15) is 4.39 Å². The summed E-state index contributed by atoms with van der Waals surface area (Å²) in [6.07, 6.45) is 0.801. The van der Waals surface area contributed by atoms with E-state index < -0.39 is 0 Å².